The number of carbonyl (C=O) groups excluding carboxylic acids is 2. The molecule has 0 aliphatic carbocycles. The van der Waals surface area contributed by atoms with Gasteiger partial charge in [0.1, 0.15) is 6.61 Å². The normalized spacial score (nSPS) is 21.4. The zero-order valence-electron chi connectivity index (χ0n) is 12.7. The van der Waals surface area contributed by atoms with E-state index < -0.39 is 0 Å². The van der Waals surface area contributed by atoms with Crippen molar-refractivity contribution >= 4 is 11.8 Å². The van der Waals surface area contributed by atoms with Crippen molar-refractivity contribution in [2.75, 3.05) is 40.9 Å². The van der Waals surface area contributed by atoms with Crippen LogP contribution in [0.2, 0.25) is 0 Å². The van der Waals surface area contributed by atoms with Crippen LogP contribution < -0.4 is 0 Å². The van der Waals surface area contributed by atoms with Gasteiger partial charge in [0.2, 0.25) is 11.8 Å². The van der Waals surface area contributed by atoms with Crippen LogP contribution in [0.5, 0.6) is 0 Å². The highest BCUT2D eigenvalue weighted by Gasteiger charge is 2.40. The second-order valence-corrected chi connectivity index (χ2v) is 5.46. The highest BCUT2D eigenvalue weighted by molar-refractivity contribution is 5.83. The molecule has 0 bridgehead atoms. The number of pyridine rings is 1. The number of carbonyl (C=O) groups is 2. The number of rotatable bonds is 4. The first kappa shape index (κ1) is 15.4. The Labute approximate surface area is 124 Å². The summed E-state index contributed by atoms with van der Waals surface area (Å²) in [5.74, 6) is -0.295. The van der Waals surface area contributed by atoms with E-state index in [0.717, 1.165) is 5.56 Å². The third kappa shape index (κ3) is 3.39. The molecule has 1 aliphatic heterocycles. The number of amides is 2. The Balaban J connectivity index is 2.23. The Morgan fingerprint density at radius 2 is 2.19 bits per heavy atom. The molecule has 21 heavy (non-hydrogen) atoms. The van der Waals surface area contributed by atoms with Crippen molar-refractivity contribution in [1.29, 1.82) is 0 Å². The quantitative estimate of drug-likeness (QED) is 0.803. The number of hydrogen-bond acceptors (Lipinski definition) is 4. The number of hydrogen-bond donors (Lipinski definition) is 0. The molecule has 0 spiro atoms. The van der Waals surface area contributed by atoms with Gasteiger partial charge in [0.25, 0.3) is 0 Å². The van der Waals surface area contributed by atoms with Crippen molar-refractivity contribution in [2.45, 2.75) is 5.92 Å². The maximum Gasteiger partial charge on any atom is 0.248 e. The number of aromatic nitrogens is 1. The summed E-state index contributed by atoms with van der Waals surface area (Å²) >= 11 is 0. The maximum absolute atomic E-state index is 12.4. The lowest BCUT2D eigenvalue weighted by atomic mass is 9.89. The van der Waals surface area contributed by atoms with Crippen molar-refractivity contribution in [3.8, 4) is 0 Å². The molecule has 1 saturated heterocycles. The predicted octanol–water partition coefficient (Wildman–Crippen LogP) is 0.358. The van der Waals surface area contributed by atoms with Crippen LogP contribution in [-0.4, -0.2) is 67.5 Å². The molecule has 2 heterocycles. The molecule has 0 aromatic carbocycles. The van der Waals surface area contributed by atoms with E-state index in [9.17, 15) is 9.59 Å². The van der Waals surface area contributed by atoms with Crippen LogP contribution in [0.15, 0.2) is 24.5 Å². The van der Waals surface area contributed by atoms with Crippen molar-refractivity contribution in [3.63, 3.8) is 0 Å². The summed E-state index contributed by atoms with van der Waals surface area (Å²) in [7, 11) is 4.97. The van der Waals surface area contributed by atoms with Crippen molar-refractivity contribution < 1.29 is 14.3 Å². The highest BCUT2D eigenvalue weighted by Crippen LogP contribution is 2.33. The third-order valence-electron chi connectivity index (χ3n) is 3.81. The third-order valence-corrected chi connectivity index (χ3v) is 3.81. The minimum Gasteiger partial charge on any atom is -0.375 e. The maximum atomic E-state index is 12.4. The van der Waals surface area contributed by atoms with E-state index in [4.69, 9.17) is 4.74 Å². The number of likely N-dealkylation sites (tertiary alicyclic amines) is 1. The van der Waals surface area contributed by atoms with Gasteiger partial charge in [0.05, 0.1) is 5.92 Å². The van der Waals surface area contributed by atoms with Crippen LogP contribution in [-0.2, 0) is 14.3 Å². The molecule has 6 nitrogen and oxygen atoms in total. The van der Waals surface area contributed by atoms with Crippen LogP contribution in [0.25, 0.3) is 0 Å². The van der Waals surface area contributed by atoms with E-state index >= 15 is 0 Å². The van der Waals surface area contributed by atoms with E-state index in [2.05, 4.69) is 4.98 Å². The van der Waals surface area contributed by atoms with Gasteiger partial charge in [-0.25, -0.2) is 0 Å². The molecule has 1 unspecified atom stereocenters. The Morgan fingerprint density at radius 3 is 2.76 bits per heavy atom. The fourth-order valence-electron chi connectivity index (χ4n) is 2.74. The summed E-state index contributed by atoms with van der Waals surface area (Å²) < 4.78 is 4.90. The van der Waals surface area contributed by atoms with E-state index in [-0.39, 0.29) is 30.3 Å². The molecule has 2 amide bonds. The van der Waals surface area contributed by atoms with Gasteiger partial charge >= 0.3 is 0 Å². The summed E-state index contributed by atoms with van der Waals surface area (Å²) in [6.45, 7) is 1.000. The molecule has 114 valence electrons. The van der Waals surface area contributed by atoms with E-state index in [1.165, 1.54) is 7.11 Å². The molecular weight excluding hydrogens is 270 g/mol. The first-order valence-electron chi connectivity index (χ1n) is 6.92. The van der Waals surface area contributed by atoms with E-state index in [0.29, 0.717) is 13.1 Å². The fraction of sp³-hybridized carbons (Fsp3) is 0.533. The smallest absolute Gasteiger partial charge is 0.248 e. The summed E-state index contributed by atoms with van der Waals surface area (Å²) in [6.07, 6.45) is 3.47. The van der Waals surface area contributed by atoms with Crippen LogP contribution >= 0.6 is 0 Å². The van der Waals surface area contributed by atoms with Gasteiger partial charge in [-0.05, 0) is 11.6 Å². The van der Waals surface area contributed by atoms with Gasteiger partial charge in [0.15, 0.2) is 0 Å². The minimum atomic E-state index is -0.231. The first-order valence-corrected chi connectivity index (χ1v) is 6.92. The minimum absolute atomic E-state index is 0.0191. The summed E-state index contributed by atoms with van der Waals surface area (Å²) in [5, 5.41) is 0. The average Bonchev–Trinajstić information content (AvgIpc) is 2.92. The molecule has 1 aromatic rings. The van der Waals surface area contributed by atoms with Crippen LogP contribution in [0.3, 0.4) is 0 Å². The predicted molar refractivity (Wildman–Crippen MR) is 77.6 cm³/mol. The Morgan fingerprint density at radius 1 is 1.43 bits per heavy atom. The topological polar surface area (TPSA) is 62.7 Å². The number of methoxy groups -OCH3 is 1. The Bertz CT molecular complexity index is 504. The number of nitrogens with zero attached hydrogens (tertiary/aromatic N) is 3. The van der Waals surface area contributed by atoms with E-state index in [1.54, 1.807) is 36.3 Å². The molecule has 0 saturated carbocycles. The van der Waals surface area contributed by atoms with Gasteiger partial charge in [0, 0.05) is 52.6 Å². The fourth-order valence-corrected chi connectivity index (χ4v) is 2.74. The average molecular weight is 291 g/mol. The number of ether oxygens (including phenoxy) is 1. The van der Waals surface area contributed by atoms with Crippen LogP contribution in [0, 0.1) is 5.92 Å². The molecular formula is C15H21N3O3. The molecule has 0 N–H and O–H groups in total. The highest BCUT2D eigenvalue weighted by atomic mass is 16.5. The Hall–Kier alpha value is -1.95. The van der Waals surface area contributed by atoms with Crippen molar-refractivity contribution in [3.05, 3.63) is 30.1 Å². The van der Waals surface area contributed by atoms with E-state index in [1.807, 2.05) is 12.1 Å². The molecule has 1 aromatic heterocycles. The van der Waals surface area contributed by atoms with Gasteiger partial charge in [-0.15, -0.1) is 0 Å². The summed E-state index contributed by atoms with van der Waals surface area (Å²) in [6, 6.07) is 3.81. The lowest BCUT2D eigenvalue weighted by molar-refractivity contribution is -0.135. The second kappa shape index (κ2) is 6.67. The molecule has 2 atom stereocenters. The lowest BCUT2D eigenvalue weighted by Crippen LogP contribution is -2.35. The van der Waals surface area contributed by atoms with Gasteiger partial charge in [-0.1, -0.05) is 6.07 Å². The van der Waals surface area contributed by atoms with Gasteiger partial charge in [-0.2, -0.15) is 0 Å². The molecule has 0 radical (unpaired) electrons. The standard InChI is InChI=1S/C15H21N3O3/c1-17(2)15(20)13-9-18(14(19)10-21-3)8-12(13)11-5-4-6-16-7-11/h4-7,12-13H,8-10H2,1-3H3/t12-,13?/m0/s1. The van der Waals surface area contributed by atoms with Crippen LogP contribution in [0.1, 0.15) is 11.5 Å². The van der Waals surface area contributed by atoms with Crippen molar-refractivity contribution in [2.24, 2.45) is 5.92 Å². The van der Waals surface area contributed by atoms with Gasteiger partial charge in [-0.3, -0.25) is 14.6 Å². The molecule has 1 fully saturated rings. The lowest BCUT2D eigenvalue weighted by Gasteiger charge is -2.21. The molecule has 1 aliphatic rings. The monoisotopic (exact) mass is 291 g/mol. The summed E-state index contributed by atoms with van der Waals surface area (Å²) in [4.78, 5) is 31.8. The first-order chi connectivity index (χ1) is 10.0. The van der Waals surface area contributed by atoms with Crippen molar-refractivity contribution in [1.82, 2.24) is 14.8 Å². The zero-order chi connectivity index (χ0) is 15.4. The second-order valence-electron chi connectivity index (χ2n) is 5.46. The SMILES string of the molecule is COCC(=O)N1CC(C(=O)N(C)C)[C@H](c2cccnc2)C1. The van der Waals surface area contributed by atoms with Gasteiger partial charge < -0.3 is 14.5 Å². The largest absolute Gasteiger partial charge is 0.375 e. The molecule has 6 heteroatoms. The summed E-state index contributed by atoms with van der Waals surface area (Å²) in [5.41, 5.74) is 0.991. The van der Waals surface area contributed by atoms with Crippen LogP contribution in [0.4, 0.5) is 0 Å². The Kier molecular flexibility index (Phi) is 4.90. The molecule has 2 rings (SSSR count). The zero-order valence-corrected chi connectivity index (χ0v) is 12.7.